The quantitative estimate of drug-likeness (QED) is 0.800. The SMILES string of the molecule is CCCc1ccc(OCC(=O)Nc2ccccc2N)cc1. The van der Waals surface area contributed by atoms with Gasteiger partial charge in [-0.3, -0.25) is 4.79 Å². The number of amides is 1. The van der Waals surface area contributed by atoms with Crippen molar-refractivity contribution in [3.05, 3.63) is 54.1 Å². The number of hydrogen-bond acceptors (Lipinski definition) is 3. The Morgan fingerprint density at radius 3 is 2.52 bits per heavy atom. The van der Waals surface area contributed by atoms with Gasteiger partial charge >= 0.3 is 0 Å². The summed E-state index contributed by atoms with van der Waals surface area (Å²) >= 11 is 0. The van der Waals surface area contributed by atoms with Crippen LogP contribution in [0.4, 0.5) is 11.4 Å². The lowest BCUT2D eigenvalue weighted by molar-refractivity contribution is -0.118. The number of nitrogen functional groups attached to an aromatic ring is 1. The third-order valence-corrected chi connectivity index (χ3v) is 3.07. The van der Waals surface area contributed by atoms with E-state index in [9.17, 15) is 4.79 Å². The van der Waals surface area contributed by atoms with E-state index in [2.05, 4.69) is 12.2 Å². The average Bonchev–Trinajstić information content (AvgIpc) is 2.49. The molecule has 2 rings (SSSR count). The molecule has 4 nitrogen and oxygen atoms in total. The number of aryl methyl sites for hydroxylation is 1. The fourth-order valence-corrected chi connectivity index (χ4v) is 1.99. The molecule has 0 aromatic heterocycles. The molecule has 1 amide bonds. The predicted octanol–water partition coefficient (Wildman–Crippen LogP) is 3.24. The van der Waals surface area contributed by atoms with E-state index >= 15 is 0 Å². The van der Waals surface area contributed by atoms with Crippen LogP contribution < -0.4 is 15.8 Å². The Balaban J connectivity index is 1.85. The van der Waals surface area contributed by atoms with Gasteiger partial charge in [0.1, 0.15) is 5.75 Å². The van der Waals surface area contributed by atoms with Crippen molar-refractivity contribution >= 4 is 17.3 Å². The zero-order chi connectivity index (χ0) is 15.1. The molecular formula is C17H20N2O2. The number of rotatable bonds is 6. The van der Waals surface area contributed by atoms with E-state index < -0.39 is 0 Å². The smallest absolute Gasteiger partial charge is 0.262 e. The number of para-hydroxylation sites is 2. The van der Waals surface area contributed by atoms with Crippen LogP contribution >= 0.6 is 0 Å². The van der Waals surface area contributed by atoms with E-state index in [1.807, 2.05) is 36.4 Å². The molecule has 0 bridgehead atoms. The van der Waals surface area contributed by atoms with Crippen molar-refractivity contribution in [2.75, 3.05) is 17.7 Å². The minimum Gasteiger partial charge on any atom is -0.484 e. The minimum absolute atomic E-state index is 0.0402. The Morgan fingerprint density at radius 1 is 1.14 bits per heavy atom. The van der Waals surface area contributed by atoms with Gasteiger partial charge in [0.2, 0.25) is 0 Å². The van der Waals surface area contributed by atoms with Crippen molar-refractivity contribution in [1.82, 2.24) is 0 Å². The standard InChI is InChI=1S/C17H20N2O2/c1-2-5-13-8-10-14(11-9-13)21-12-17(20)19-16-7-4-3-6-15(16)18/h3-4,6-11H,2,5,12,18H2,1H3,(H,19,20). The van der Waals surface area contributed by atoms with Gasteiger partial charge in [0, 0.05) is 0 Å². The van der Waals surface area contributed by atoms with E-state index in [4.69, 9.17) is 10.5 Å². The fraction of sp³-hybridized carbons (Fsp3) is 0.235. The first-order valence-electron chi connectivity index (χ1n) is 7.05. The van der Waals surface area contributed by atoms with Crippen molar-refractivity contribution in [3.63, 3.8) is 0 Å². The third kappa shape index (κ3) is 4.53. The van der Waals surface area contributed by atoms with Gasteiger partial charge in [-0.15, -0.1) is 0 Å². The number of anilines is 2. The second-order valence-corrected chi connectivity index (χ2v) is 4.82. The average molecular weight is 284 g/mol. The molecule has 0 unspecified atom stereocenters. The largest absolute Gasteiger partial charge is 0.484 e. The molecule has 3 N–H and O–H groups in total. The van der Waals surface area contributed by atoms with Crippen LogP contribution in [0.3, 0.4) is 0 Å². The summed E-state index contributed by atoms with van der Waals surface area (Å²) in [5.74, 6) is 0.455. The van der Waals surface area contributed by atoms with Crippen LogP contribution in [0.1, 0.15) is 18.9 Å². The van der Waals surface area contributed by atoms with Gasteiger partial charge in [0.05, 0.1) is 11.4 Å². The van der Waals surface area contributed by atoms with Gasteiger partial charge in [0.15, 0.2) is 6.61 Å². The summed E-state index contributed by atoms with van der Waals surface area (Å²) < 4.78 is 5.46. The molecule has 0 aliphatic carbocycles. The van der Waals surface area contributed by atoms with Gasteiger partial charge in [-0.25, -0.2) is 0 Å². The summed E-state index contributed by atoms with van der Waals surface area (Å²) in [5, 5.41) is 2.72. The Labute approximate surface area is 124 Å². The van der Waals surface area contributed by atoms with Crippen molar-refractivity contribution in [2.24, 2.45) is 0 Å². The first-order valence-corrected chi connectivity index (χ1v) is 7.05. The lowest BCUT2D eigenvalue weighted by atomic mass is 10.1. The number of hydrogen-bond donors (Lipinski definition) is 2. The summed E-state index contributed by atoms with van der Waals surface area (Å²) in [4.78, 5) is 11.8. The highest BCUT2D eigenvalue weighted by Gasteiger charge is 2.05. The van der Waals surface area contributed by atoms with Gasteiger partial charge < -0.3 is 15.8 Å². The van der Waals surface area contributed by atoms with Gasteiger partial charge in [-0.2, -0.15) is 0 Å². The molecule has 0 fully saturated rings. The van der Waals surface area contributed by atoms with Crippen LogP contribution in [-0.4, -0.2) is 12.5 Å². The molecule has 2 aromatic rings. The summed E-state index contributed by atoms with van der Waals surface area (Å²) in [6.07, 6.45) is 2.16. The molecule has 0 saturated carbocycles. The van der Waals surface area contributed by atoms with Crippen LogP contribution in [-0.2, 0) is 11.2 Å². The second-order valence-electron chi connectivity index (χ2n) is 4.82. The lowest BCUT2D eigenvalue weighted by Gasteiger charge is -2.09. The molecule has 0 aliphatic rings. The molecule has 4 heteroatoms. The summed E-state index contributed by atoms with van der Waals surface area (Å²) in [5.41, 5.74) is 8.17. The maximum absolute atomic E-state index is 11.8. The van der Waals surface area contributed by atoms with Crippen molar-refractivity contribution in [3.8, 4) is 5.75 Å². The highest BCUT2D eigenvalue weighted by atomic mass is 16.5. The summed E-state index contributed by atoms with van der Waals surface area (Å²) in [7, 11) is 0. The summed E-state index contributed by atoms with van der Waals surface area (Å²) in [6.45, 7) is 2.10. The van der Waals surface area contributed by atoms with E-state index in [0.29, 0.717) is 17.1 Å². The highest BCUT2D eigenvalue weighted by Crippen LogP contribution is 2.17. The van der Waals surface area contributed by atoms with Crippen molar-refractivity contribution in [1.29, 1.82) is 0 Å². The zero-order valence-electron chi connectivity index (χ0n) is 12.1. The molecule has 0 spiro atoms. The molecule has 0 aliphatic heterocycles. The maximum atomic E-state index is 11.8. The summed E-state index contributed by atoms with van der Waals surface area (Å²) in [6, 6.07) is 14.9. The number of carbonyl (C=O) groups is 1. The molecule has 0 radical (unpaired) electrons. The molecule has 110 valence electrons. The first-order chi connectivity index (χ1) is 10.2. The van der Waals surface area contributed by atoms with Gasteiger partial charge in [-0.1, -0.05) is 37.6 Å². The van der Waals surface area contributed by atoms with E-state index in [1.54, 1.807) is 12.1 Å². The van der Waals surface area contributed by atoms with Crippen LogP contribution in [0, 0.1) is 0 Å². The van der Waals surface area contributed by atoms with E-state index in [-0.39, 0.29) is 12.5 Å². The molecular weight excluding hydrogens is 264 g/mol. The number of benzene rings is 2. The van der Waals surface area contributed by atoms with Crippen LogP contribution in [0.25, 0.3) is 0 Å². The normalized spacial score (nSPS) is 10.1. The highest BCUT2D eigenvalue weighted by molar-refractivity contribution is 5.94. The van der Waals surface area contributed by atoms with Crippen LogP contribution in [0.15, 0.2) is 48.5 Å². The molecule has 0 atom stereocenters. The number of ether oxygens (including phenoxy) is 1. The van der Waals surface area contributed by atoms with Gasteiger partial charge in [0.25, 0.3) is 5.91 Å². The first kappa shape index (κ1) is 14.9. The Bertz CT molecular complexity index is 594. The minimum atomic E-state index is -0.231. The monoisotopic (exact) mass is 284 g/mol. The Morgan fingerprint density at radius 2 is 1.86 bits per heavy atom. The van der Waals surface area contributed by atoms with E-state index in [1.165, 1.54) is 5.56 Å². The second kappa shape index (κ2) is 7.33. The maximum Gasteiger partial charge on any atom is 0.262 e. The molecule has 21 heavy (non-hydrogen) atoms. The number of carbonyl (C=O) groups excluding carboxylic acids is 1. The molecule has 0 saturated heterocycles. The lowest BCUT2D eigenvalue weighted by Crippen LogP contribution is -2.20. The topological polar surface area (TPSA) is 64.3 Å². The Hall–Kier alpha value is -2.49. The Kier molecular flexibility index (Phi) is 5.21. The zero-order valence-corrected chi connectivity index (χ0v) is 12.1. The predicted molar refractivity (Wildman–Crippen MR) is 85.4 cm³/mol. The molecule has 2 aromatic carbocycles. The molecule has 0 heterocycles. The van der Waals surface area contributed by atoms with Crippen LogP contribution in [0.2, 0.25) is 0 Å². The van der Waals surface area contributed by atoms with Crippen LogP contribution in [0.5, 0.6) is 5.75 Å². The number of nitrogens with one attached hydrogen (secondary N) is 1. The van der Waals surface area contributed by atoms with E-state index in [0.717, 1.165) is 12.8 Å². The van der Waals surface area contributed by atoms with Gasteiger partial charge in [-0.05, 0) is 36.2 Å². The number of nitrogens with two attached hydrogens (primary N) is 1. The van der Waals surface area contributed by atoms with Crippen molar-refractivity contribution < 1.29 is 9.53 Å². The van der Waals surface area contributed by atoms with Crippen molar-refractivity contribution in [2.45, 2.75) is 19.8 Å². The fourth-order valence-electron chi connectivity index (χ4n) is 1.99. The third-order valence-electron chi connectivity index (χ3n) is 3.07.